The largest absolute Gasteiger partial charge is 0.399 e. The van der Waals surface area contributed by atoms with Crippen LogP contribution in [0.2, 0.25) is 0 Å². The molecule has 0 heterocycles. The Morgan fingerprint density at radius 1 is 1.14 bits per heavy atom. The topological polar surface area (TPSA) is 67.2 Å². The second-order valence-electron chi connectivity index (χ2n) is 5.45. The van der Waals surface area contributed by atoms with Crippen molar-refractivity contribution in [3.63, 3.8) is 0 Å². The molecule has 4 nitrogen and oxygen atoms in total. The van der Waals surface area contributed by atoms with Crippen LogP contribution in [-0.2, 0) is 11.2 Å². The number of rotatable bonds is 3. The molecule has 0 aromatic heterocycles. The van der Waals surface area contributed by atoms with Crippen molar-refractivity contribution < 1.29 is 4.79 Å². The van der Waals surface area contributed by atoms with Gasteiger partial charge >= 0.3 is 0 Å². The number of nitrogens with one attached hydrogen (secondary N) is 2. The molecule has 4 N–H and O–H groups in total. The van der Waals surface area contributed by atoms with Crippen LogP contribution in [0, 0.1) is 0 Å². The van der Waals surface area contributed by atoms with E-state index in [9.17, 15) is 4.79 Å². The number of hydrogen-bond acceptors (Lipinski definition) is 3. The van der Waals surface area contributed by atoms with Crippen LogP contribution in [0.25, 0.3) is 0 Å². The van der Waals surface area contributed by atoms with Crippen molar-refractivity contribution in [1.82, 2.24) is 0 Å². The molecule has 0 saturated heterocycles. The van der Waals surface area contributed by atoms with Crippen LogP contribution in [0.4, 0.5) is 17.1 Å². The molecule has 1 amide bonds. The van der Waals surface area contributed by atoms with E-state index in [0.717, 1.165) is 29.9 Å². The summed E-state index contributed by atoms with van der Waals surface area (Å²) in [5, 5.41) is 6.31. The Morgan fingerprint density at radius 2 is 1.86 bits per heavy atom. The number of hydrogen-bond donors (Lipinski definition) is 3. The second kappa shape index (κ2) is 5.48. The molecule has 1 atom stereocenters. The Bertz CT molecular complexity index is 664. The van der Waals surface area contributed by atoms with Gasteiger partial charge in [0.05, 0.1) is 6.04 Å². The van der Waals surface area contributed by atoms with Gasteiger partial charge in [0.25, 0.3) is 0 Å². The lowest BCUT2D eigenvalue weighted by Crippen LogP contribution is -2.08. The van der Waals surface area contributed by atoms with Crippen LogP contribution in [0.3, 0.4) is 0 Å². The third-order valence-electron chi connectivity index (χ3n) is 3.79. The first-order valence-electron chi connectivity index (χ1n) is 7.14. The standard InChI is InChI=1S/C17H19N3O/c1-11(21)19-14-4-6-15(7-5-14)20-17-9-2-12-10-13(18)3-8-16(12)17/h3-8,10,17,20H,2,9,18H2,1H3,(H,19,21). The van der Waals surface area contributed by atoms with Crippen LogP contribution < -0.4 is 16.4 Å². The lowest BCUT2D eigenvalue weighted by Gasteiger charge is -2.16. The average Bonchev–Trinajstić information content (AvgIpc) is 2.83. The van der Waals surface area contributed by atoms with E-state index in [0.29, 0.717) is 6.04 Å². The number of carbonyl (C=O) groups excluding carboxylic acids is 1. The van der Waals surface area contributed by atoms with Gasteiger partial charge in [-0.2, -0.15) is 0 Å². The first-order chi connectivity index (χ1) is 10.1. The molecule has 0 radical (unpaired) electrons. The number of nitrogen functional groups attached to an aromatic ring is 1. The van der Waals surface area contributed by atoms with Crippen LogP contribution in [0.15, 0.2) is 42.5 Å². The molecule has 2 aromatic rings. The molecule has 3 rings (SSSR count). The minimum atomic E-state index is -0.0574. The summed E-state index contributed by atoms with van der Waals surface area (Å²) < 4.78 is 0. The van der Waals surface area contributed by atoms with Gasteiger partial charge in [-0.3, -0.25) is 4.79 Å². The summed E-state index contributed by atoms with van der Waals surface area (Å²) in [6.07, 6.45) is 2.13. The van der Waals surface area contributed by atoms with Crippen molar-refractivity contribution in [2.75, 3.05) is 16.4 Å². The molecule has 4 heteroatoms. The maximum atomic E-state index is 11.0. The van der Waals surface area contributed by atoms with Gasteiger partial charge in [-0.05, 0) is 60.4 Å². The summed E-state index contributed by atoms with van der Waals surface area (Å²) in [5.74, 6) is -0.0574. The molecule has 0 fully saturated rings. The van der Waals surface area contributed by atoms with E-state index in [1.54, 1.807) is 0 Å². The van der Waals surface area contributed by atoms with Gasteiger partial charge in [0, 0.05) is 24.0 Å². The molecule has 1 aliphatic carbocycles. The van der Waals surface area contributed by atoms with Crippen molar-refractivity contribution in [2.24, 2.45) is 0 Å². The zero-order valence-electron chi connectivity index (χ0n) is 12.0. The van der Waals surface area contributed by atoms with Crippen molar-refractivity contribution in [3.8, 4) is 0 Å². The molecule has 2 aromatic carbocycles. The molecule has 0 spiro atoms. The molecule has 0 bridgehead atoms. The summed E-state index contributed by atoms with van der Waals surface area (Å²) in [5.41, 5.74) is 11.2. The van der Waals surface area contributed by atoms with Gasteiger partial charge in [0.1, 0.15) is 0 Å². The summed E-state index contributed by atoms with van der Waals surface area (Å²) >= 11 is 0. The summed E-state index contributed by atoms with van der Waals surface area (Å²) in [7, 11) is 0. The lowest BCUT2D eigenvalue weighted by atomic mass is 10.1. The zero-order chi connectivity index (χ0) is 14.8. The van der Waals surface area contributed by atoms with E-state index >= 15 is 0 Å². The van der Waals surface area contributed by atoms with E-state index in [1.807, 2.05) is 30.3 Å². The number of amides is 1. The van der Waals surface area contributed by atoms with Crippen molar-refractivity contribution in [1.29, 1.82) is 0 Å². The monoisotopic (exact) mass is 281 g/mol. The third-order valence-corrected chi connectivity index (χ3v) is 3.79. The zero-order valence-corrected chi connectivity index (χ0v) is 12.0. The summed E-state index contributed by atoms with van der Waals surface area (Å²) in [4.78, 5) is 11.0. The molecule has 0 saturated carbocycles. The molecule has 0 aliphatic heterocycles. The Labute approximate surface area is 124 Å². The summed E-state index contributed by atoms with van der Waals surface area (Å²) in [6.45, 7) is 1.51. The predicted octanol–water partition coefficient (Wildman–Crippen LogP) is 3.33. The van der Waals surface area contributed by atoms with Gasteiger partial charge in [0.15, 0.2) is 0 Å². The smallest absolute Gasteiger partial charge is 0.221 e. The number of nitrogens with two attached hydrogens (primary N) is 1. The lowest BCUT2D eigenvalue weighted by molar-refractivity contribution is -0.114. The average molecular weight is 281 g/mol. The normalized spacial score (nSPS) is 16.3. The highest BCUT2D eigenvalue weighted by molar-refractivity contribution is 5.88. The van der Waals surface area contributed by atoms with E-state index in [-0.39, 0.29) is 5.91 Å². The van der Waals surface area contributed by atoms with Gasteiger partial charge < -0.3 is 16.4 Å². The van der Waals surface area contributed by atoms with Crippen molar-refractivity contribution in [3.05, 3.63) is 53.6 Å². The highest BCUT2D eigenvalue weighted by Crippen LogP contribution is 2.35. The molecular formula is C17H19N3O. The quantitative estimate of drug-likeness (QED) is 0.756. The maximum Gasteiger partial charge on any atom is 0.221 e. The van der Waals surface area contributed by atoms with Crippen LogP contribution >= 0.6 is 0 Å². The van der Waals surface area contributed by atoms with Gasteiger partial charge in [-0.25, -0.2) is 0 Å². The van der Waals surface area contributed by atoms with Crippen molar-refractivity contribution >= 4 is 23.0 Å². The van der Waals surface area contributed by atoms with Crippen molar-refractivity contribution in [2.45, 2.75) is 25.8 Å². The Hall–Kier alpha value is -2.49. The molecule has 108 valence electrons. The summed E-state index contributed by atoms with van der Waals surface area (Å²) in [6, 6.07) is 14.2. The highest BCUT2D eigenvalue weighted by atomic mass is 16.1. The molecule has 21 heavy (non-hydrogen) atoms. The Kier molecular flexibility index (Phi) is 3.52. The molecule has 1 unspecified atom stereocenters. The molecular weight excluding hydrogens is 262 g/mol. The third kappa shape index (κ3) is 2.99. The van der Waals surface area contributed by atoms with Gasteiger partial charge in [-0.1, -0.05) is 6.07 Å². The fraction of sp³-hybridized carbons (Fsp3) is 0.235. The van der Waals surface area contributed by atoms with Crippen LogP contribution in [-0.4, -0.2) is 5.91 Å². The number of carbonyl (C=O) groups is 1. The van der Waals surface area contributed by atoms with Gasteiger partial charge in [-0.15, -0.1) is 0 Å². The first-order valence-corrected chi connectivity index (χ1v) is 7.14. The van der Waals surface area contributed by atoms with Gasteiger partial charge in [0.2, 0.25) is 5.91 Å². The van der Waals surface area contributed by atoms with Crippen LogP contribution in [0.1, 0.15) is 30.5 Å². The second-order valence-corrected chi connectivity index (χ2v) is 5.45. The Balaban J connectivity index is 1.72. The fourth-order valence-electron chi connectivity index (χ4n) is 2.84. The predicted molar refractivity (Wildman–Crippen MR) is 86.3 cm³/mol. The van der Waals surface area contributed by atoms with E-state index < -0.39 is 0 Å². The number of fused-ring (bicyclic) bond motifs is 1. The SMILES string of the molecule is CC(=O)Nc1ccc(NC2CCc3cc(N)ccc32)cc1. The van der Waals surface area contributed by atoms with E-state index in [2.05, 4.69) is 22.8 Å². The number of benzene rings is 2. The fourth-order valence-corrected chi connectivity index (χ4v) is 2.84. The maximum absolute atomic E-state index is 11.0. The minimum Gasteiger partial charge on any atom is -0.399 e. The minimum absolute atomic E-state index is 0.0574. The molecule has 1 aliphatic rings. The Morgan fingerprint density at radius 3 is 2.57 bits per heavy atom. The van der Waals surface area contributed by atoms with E-state index in [4.69, 9.17) is 5.73 Å². The highest BCUT2D eigenvalue weighted by Gasteiger charge is 2.22. The first kappa shape index (κ1) is 13.5. The van der Waals surface area contributed by atoms with Crippen LogP contribution in [0.5, 0.6) is 0 Å². The van der Waals surface area contributed by atoms with E-state index in [1.165, 1.54) is 18.1 Å². The number of anilines is 3. The number of aryl methyl sites for hydroxylation is 1.